The molecule has 1 aliphatic rings. The number of rotatable bonds is 21. The molecule has 1 aliphatic heterocycles. The Balaban J connectivity index is 0.000000556. The van der Waals surface area contributed by atoms with Crippen molar-refractivity contribution >= 4 is 61.3 Å². The van der Waals surface area contributed by atoms with E-state index in [1.165, 1.54) is 121 Å². The fourth-order valence-electron chi connectivity index (χ4n) is 8.44. The number of carbonyl (C=O) groups excluding carboxylic acids is 1. The van der Waals surface area contributed by atoms with Crippen molar-refractivity contribution in [3.63, 3.8) is 0 Å². The number of para-hydroxylation sites is 2. The molecule has 0 aliphatic carbocycles. The number of thioether (sulfide) groups is 1. The van der Waals surface area contributed by atoms with Crippen molar-refractivity contribution < 1.29 is 27.1 Å². The summed E-state index contributed by atoms with van der Waals surface area (Å²) in [6, 6.07) is 31.7. The molecule has 1 aromatic heterocycles. The zero-order chi connectivity index (χ0) is 43.8. The van der Waals surface area contributed by atoms with Crippen LogP contribution in [-0.4, -0.2) is 59.0 Å². The summed E-state index contributed by atoms with van der Waals surface area (Å²) < 4.78 is 42.1. The molecule has 6 rings (SSSR count). The van der Waals surface area contributed by atoms with Gasteiger partial charge in [0.15, 0.2) is 5.71 Å². The quantitative estimate of drug-likeness (QED) is 0.0316. The molecule has 61 heavy (non-hydrogen) atoms. The van der Waals surface area contributed by atoms with E-state index >= 15 is 0 Å². The molecule has 0 unspecified atom stereocenters. The van der Waals surface area contributed by atoms with Gasteiger partial charge in [0.1, 0.15) is 23.3 Å². The first-order chi connectivity index (χ1) is 29.5. The lowest BCUT2D eigenvalue weighted by Crippen LogP contribution is -2.14. The highest BCUT2D eigenvalue weighted by Crippen LogP contribution is 2.46. The average Bonchev–Trinajstić information content (AvgIpc) is 3.69. The maximum atomic E-state index is 13.9. The number of hydrogen-bond donors (Lipinski definition) is 0. The number of aromatic nitrogens is 1. The Morgan fingerprint density at radius 3 is 1.98 bits per heavy atom. The molecule has 0 N–H and O–H groups in total. The number of carbonyl (C=O) groups is 1. The van der Waals surface area contributed by atoms with Crippen molar-refractivity contribution in [2.24, 2.45) is 0 Å². The van der Waals surface area contributed by atoms with Crippen molar-refractivity contribution in [1.82, 2.24) is 4.57 Å². The molecular formula is C52H66N2O5S2. The largest absolute Gasteiger partial charge is 0.744 e. The summed E-state index contributed by atoms with van der Waals surface area (Å²) in [7, 11) is -4.27. The summed E-state index contributed by atoms with van der Waals surface area (Å²) in [5.41, 5.74) is 12.4. The molecule has 9 heteroatoms. The second-order valence-electron chi connectivity index (χ2n) is 16.1. The third-order valence-corrected chi connectivity index (χ3v) is 13.1. The standard InChI is InChI=1S/C45H59N2O2S.C7H8O3S/c1-6-8-10-12-14-22-30-46-34(3)42(38-26-18-20-28-40(38)46)44(36-24-16-17-25-37(36)45(48)49-32-33-50-5)43-35(4)47(31-23-15-13-11-9-7-2)41-29-21-19-27-39(41)43;1-6-2-4-7(5-3-6)11(8,9)10/h16-21,24-29H,6-15,22-23,30-33H2,1-5H3;2-5H,1H3,(H,8,9,10)/q+1;/p-1. The van der Waals surface area contributed by atoms with E-state index in [0.29, 0.717) is 12.2 Å². The molecule has 0 saturated carbocycles. The van der Waals surface area contributed by atoms with E-state index in [2.05, 4.69) is 97.5 Å². The van der Waals surface area contributed by atoms with Gasteiger partial charge in [0.2, 0.25) is 5.69 Å². The molecule has 0 atom stereocenters. The van der Waals surface area contributed by atoms with Gasteiger partial charge < -0.3 is 13.9 Å². The van der Waals surface area contributed by atoms with Crippen LogP contribution in [-0.2, 0) is 21.4 Å². The van der Waals surface area contributed by atoms with E-state index in [9.17, 15) is 17.8 Å². The van der Waals surface area contributed by atoms with Crippen molar-refractivity contribution in [2.75, 3.05) is 25.2 Å². The highest BCUT2D eigenvalue weighted by Gasteiger charge is 2.36. The lowest BCUT2D eigenvalue weighted by molar-refractivity contribution is -0.438. The third-order valence-electron chi connectivity index (χ3n) is 11.7. The van der Waals surface area contributed by atoms with Crippen LogP contribution in [0.3, 0.4) is 0 Å². The molecule has 0 fully saturated rings. The maximum absolute atomic E-state index is 13.9. The minimum Gasteiger partial charge on any atom is -0.744 e. The van der Waals surface area contributed by atoms with Gasteiger partial charge in [0, 0.05) is 59.4 Å². The van der Waals surface area contributed by atoms with Gasteiger partial charge in [-0.05, 0) is 68.8 Å². The lowest BCUT2D eigenvalue weighted by atomic mass is 9.85. The van der Waals surface area contributed by atoms with Gasteiger partial charge in [-0.1, -0.05) is 138 Å². The molecule has 0 radical (unpaired) electrons. The van der Waals surface area contributed by atoms with Gasteiger partial charge in [-0.2, -0.15) is 16.3 Å². The van der Waals surface area contributed by atoms with E-state index in [1.54, 1.807) is 23.9 Å². The number of allylic oxidation sites excluding steroid dienone is 1. The van der Waals surface area contributed by atoms with Crippen molar-refractivity contribution in [3.05, 3.63) is 131 Å². The molecule has 2 heterocycles. The smallest absolute Gasteiger partial charge is 0.338 e. The van der Waals surface area contributed by atoms with E-state index in [0.717, 1.165) is 48.4 Å². The average molecular weight is 863 g/mol. The first-order valence-electron chi connectivity index (χ1n) is 22.3. The Morgan fingerprint density at radius 2 is 1.31 bits per heavy atom. The number of unbranched alkanes of at least 4 members (excludes halogenated alkanes) is 10. The zero-order valence-electron chi connectivity index (χ0n) is 37.3. The van der Waals surface area contributed by atoms with Gasteiger partial charge in [-0.15, -0.1) is 0 Å². The number of ether oxygens (including phenoxy) is 1. The van der Waals surface area contributed by atoms with Gasteiger partial charge >= 0.3 is 5.97 Å². The highest BCUT2D eigenvalue weighted by molar-refractivity contribution is 7.98. The molecule has 0 spiro atoms. The Bertz CT molecular complexity index is 2390. The second kappa shape index (κ2) is 23.7. The van der Waals surface area contributed by atoms with E-state index in [1.807, 2.05) is 25.3 Å². The Morgan fingerprint density at radius 1 is 0.721 bits per heavy atom. The molecule has 326 valence electrons. The Kier molecular flexibility index (Phi) is 18.5. The summed E-state index contributed by atoms with van der Waals surface area (Å²) in [6.07, 6.45) is 17.2. The number of fused-ring (bicyclic) bond motifs is 2. The monoisotopic (exact) mass is 862 g/mol. The molecule has 0 saturated heterocycles. The minimum absolute atomic E-state index is 0.178. The number of aryl methyl sites for hydroxylation is 2. The van der Waals surface area contributed by atoms with Gasteiger partial charge in [0.25, 0.3) is 0 Å². The third kappa shape index (κ3) is 12.4. The first kappa shape index (κ1) is 47.6. The van der Waals surface area contributed by atoms with Gasteiger partial charge in [-0.25, -0.2) is 13.2 Å². The molecule has 5 aromatic rings. The van der Waals surface area contributed by atoms with Crippen LogP contribution in [0.25, 0.3) is 22.0 Å². The number of nitrogens with zero attached hydrogens (tertiary/aromatic N) is 2. The fraction of sp³-hybridized carbons (Fsp3) is 0.423. The highest BCUT2D eigenvalue weighted by atomic mass is 32.2. The van der Waals surface area contributed by atoms with Crippen molar-refractivity contribution in [1.29, 1.82) is 0 Å². The van der Waals surface area contributed by atoms with Gasteiger partial charge in [-0.3, -0.25) is 0 Å². The summed E-state index contributed by atoms with van der Waals surface area (Å²) >= 11 is 1.69. The second-order valence-corrected chi connectivity index (χ2v) is 18.5. The van der Waals surface area contributed by atoms with Crippen LogP contribution in [0, 0.1) is 13.8 Å². The van der Waals surface area contributed by atoms with Crippen LogP contribution in [0.5, 0.6) is 0 Å². The SMILES string of the molecule is CCCCCCCCn1c(C)c(C(=C2C(C)=[N+](CCCCCCCC)c3ccccc32)c2ccccc2C(=O)OCCSC)c2ccccc21.Cc1ccc(S(=O)(=O)[O-])cc1. The predicted octanol–water partition coefficient (Wildman–Crippen LogP) is 13.2. The van der Waals surface area contributed by atoms with Crippen molar-refractivity contribution in [2.45, 2.75) is 123 Å². The van der Waals surface area contributed by atoms with E-state index < -0.39 is 10.1 Å². The summed E-state index contributed by atoms with van der Waals surface area (Å²) in [4.78, 5) is 13.7. The molecule has 4 aromatic carbocycles. The summed E-state index contributed by atoms with van der Waals surface area (Å²) in [5.74, 6) is 0.523. The van der Waals surface area contributed by atoms with Crippen LogP contribution in [0.4, 0.5) is 5.69 Å². The topological polar surface area (TPSA) is 91.4 Å². The maximum Gasteiger partial charge on any atom is 0.338 e. The number of benzene rings is 4. The Hall–Kier alpha value is -4.44. The predicted molar refractivity (Wildman–Crippen MR) is 256 cm³/mol. The van der Waals surface area contributed by atoms with Crippen molar-refractivity contribution in [3.8, 4) is 0 Å². The van der Waals surface area contributed by atoms with Crippen LogP contribution in [0.2, 0.25) is 0 Å². The van der Waals surface area contributed by atoms with Gasteiger partial charge in [0.05, 0.1) is 21.6 Å². The number of esters is 1. The zero-order valence-corrected chi connectivity index (χ0v) is 38.9. The molecule has 0 amide bonds. The Labute approximate surface area is 370 Å². The number of hydrogen-bond acceptors (Lipinski definition) is 6. The van der Waals surface area contributed by atoms with Crippen LogP contribution in [0.15, 0.2) is 102 Å². The normalized spacial score (nSPS) is 13.3. The first-order valence-corrected chi connectivity index (χ1v) is 25.1. The van der Waals surface area contributed by atoms with Crippen LogP contribution < -0.4 is 0 Å². The summed E-state index contributed by atoms with van der Waals surface area (Å²) in [6.45, 7) is 13.3. The fourth-order valence-corrected chi connectivity index (χ4v) is 9.16. The molecule has 0 bridgehead atoms. The van der Waals surface area contributed by atoms with E-state index in [-0.39, 0.29) is 10.9 Å². The molecule has 7 nitrogen and oxygen atoms in total. The van der Waals surface area contributed by atoms with Crippen LogP contribution >= 0.6 is 11.8 Å². The van der Waals surface area contributed by atoms with E-state index in [4.69, 9.17) is 4.74 Å². The molecular weight excluding hydrogens is 797 g/mol. The summed E-state index contributed by atoms with van der Waals surface area (Å²) in [5, 5.41) is 1.24. The van der Waals surface area contributed by atoms with Crippen LogP contribution in [0.1, 0.15) is 136 Å². The lowest BCUT2D eigenvalue weighted by Gasteiger charge is -2.17. The minimum atomic E-state index is -4.27.